The number of rotatable bonds is 1. The highest BCUT2D eigenvalue weighted by Gasteiger charge is 2.22. The normalized spacial score (nSPS) is 19.8. The lowest BCUT2D eigenvalue weighted by Crippen LogP contribution is -2.27. The minimum absolute atomic E-state index is 0.0762. The van der Waals surface area contributed by atoms with E-state index in [1.807, 2.05) is 18.2 Å². The van der Waals surface area contributed by atoms with Crippen molar-refractivity contribution < 1.29 is 4.79 Å². The van der Waals surface area contributed by atoms with E-state index in [9.17, 15) is 4.79 Å². The van der Waals surface area contributed by atoms with Gasteiger partial charge < -0.3 is 10.6 Å². The third kappa shape index (κ3) is 2.38. The second-order valence-corrected chi connectivity index (χ2v) is 5.35. The Morgan fingerprint density at radius 1 is 1.38 bits per heavy atom. The lowest BCUT2D eigenvalue weighted by Gasteiger charge is -2.20. The van der Waals surface area contributed by atoms with E-state index in [0.29, 0.717) is 12.3 Å². The molecule has 0 aromatic heterocycles. The summed E-state index contributed by atoms with van der Waals surface area (Å²) in [6.45, 7) is 4.24. The highest BCUT2D eigenvalue weighted by atomic mass is 79.9. The SMILES string of the molecule is CC(C)C1CC(=O)Nc2ccc(Br)cc2N1. The number of hydrogen-bond donors (Lipinski definition) is 2. The van der Waals surface area contributed by atoms with Gasteiger partial charge in [0, 0.05) is 16.9 Å². The molecule has 2 N–H and O–H groups in total. The number of benzene rings is 1. The van der Waals surface area contributed by atoms with Crippen LogP contribution < -0.4 is 10.6 Å². The maximum atomic E-state index is 11.7. The van der Waals surface area contributed by atoms with Crippen LogP contribution in [0.15, 0.2) is 22.7 Å². The van der Waals surface area contributed by atoms with Gasteiger partial charge >= 0.3 is 0 Å². The van der Waals surface area contributed by atoms with Crippen molar-refractivity contribution in [3.8, 4) is 0 Å². The molecule has 1 aromatic rings. The molecule has 1 aromatic carbocycles. The van der Waals surface area contributed by atoms with Gasteiger partial charge in [-0.3, -0.25) is 4.79 Å². The second-order valence-electron chi connectivity index (χ2n) is 4.44. The van der Waals surface area contributed by atoms with Gasteiger partial charge in [-0.05, 0) is 24.1 Å². The fourth-order valence-corrected chi connectivity index (χ4v) is 2.16. The van der Waals surface area contributed by atoms with Crippen LogP contribution in [0.1, 0.15) is 20.3 Å². The van der Waals surface area contributed by atoms with Crippen molar-refractivity contribution in [3.63, 3.8) is 0 Å². The molecule has 16 heavy (non-hydrogen) atoms. The average molecular weight is 283 g/mol. The van der Waals surface area contributed by atoms with E-state index in [4.69, 9.17) is 0 Å². The van der Waals surface area contributed by atoms with Gasteiger partial charge in [0.1, 0.15) is 0 Å². The van der Waals surface area contributed by atoms with Crippen LogP contribution in [-0.4, -0.2) is 11.9 Å². The van der Waals surface area contributed by atoms with Gasteiger partial charge in [0.25, 0.3) is 0 Å². The van der Waals surface area contributed by atoms with Gasteiger partial charge in [-0.2, -0.15) is 0 Å². The predicted octanol–water partition coefficient (Wildman–Crippen LogP) is 3.23. The van der Waals surface area contributed by atoms with Gasteiger partial charge in [-0.15, -0.1) is 0 Å². The van der Waals surface area contributed by atoms with Crippen LogP contribution in [0, 0.1) is 5.92 Å². The molecular weight excluding hydrogens is 268 g/mol. The highest BCUT2D eigenvalue weighted by molar-refractivity contribution is 9.10. The standard InChI is InChI=1S/C12H15BrN2O/c1-7(2)10-6-12(16)15-9-4-3-8(13)5-11(9)14-10/h3-5,7,10,14H,6H2,1-2H3,(H,15,16). The topological polar surface area (TPSA) is 41.1 Å². The monoisotopic (exact) mass is 282 g/mol. The lowest BCUT2D eigenvalue weighted by molar-refractivity contribution is -0.116. The minimum atomic E-state index is 0.0762. The van der Waals surface area contributed by atoms with Crippen molar-refractivity contribution in [2.75, 3.05) is 10.6 Å². The van der Waals surface area contributed by atoms with Crippen LogP contribution in [0.2, 0.25) is 0 Å². The summed E-state index contributed by atoms with van der Waals surface area (Å²) >= 11 is 3.44. The molecule has 0 saturated carbocycles. The molecule has 0 saturated heterocycles. The zero-order chi connectivity index (χ0) is 11.7. The average Bonchev–Trinajstić information content (AvgIpc) is 2.36. The fourth-order valence-electron chi connectivity index (χ4n) is 1.80. The Labute approximate surface area is 104 Å². The number of carbonyl (C=O) groups excluding carboxylic acids is 1. The molecule has 0 fully saturated rings. The molecule has 1 aliphatic heterocycles. The Balaban J connectivity index is 2.36. The zero-order valence-electron chi connectivity index (χ0n) is 9.38. The first-order valence-corrected chi connectivity index (χ1v) is 6.21. The summed E-state index contributed by atoms with van der Waals surface area (Å²) in [6.07, 6.45) is 0.518. The largest absolute Gasteiger partial charge is 0.380 e. The van der Waals surface area contributed by atoms with Crippen molar-refractivity contribution in [1.82, 2.24) is 0 Å². The lowest BCUT2D eigenvalue weighted by atomic mass is 10.0. The molecule has 1 amide bonds. The van der Waals surface area contributed by atoms with Crippen molar-refractivity contribution in [2.45, 2.75) is 26.3 Å². The molecule has 1 unspecified atom stereocenters. The van der Waals surface area contributed by atoms with Gasteiger partial charge in [-0.25, -0.2) is 0 Å². The first-order valence-electron chi connectivity index (χ1n) is 5.42. The van der Waals surface area contributed by atoms with Gasteiger partial charge in [0.15, 0.2) is 0 Å². The van der Waals surface area contributed by atoms with Crippen molar-refractivity contribution in [2.24, 2.45) is 5.92 Å². The van der Waals surface area contributed by atoms with Crippen molar-refractivity contribution >= 4 is 33.2 Å². The molecule has 0 radical (unpaired) electrons. The van der Waals surface area contributed by atoms with E-state index in [2.05, 4.69) is 40.4 Å². The smallest absolute Gasteiger partial charge is 0.226 e. The van der Waals surface area contributed by atoms with Gasteiger partial charge in [0.05, 0.1) is 11.4 Å². The maximum Gasteiger partial charge on any atom is 0.226 e. The molecule has 0 aliphatic carbocycles. The molecule has 1 atom stereocenters. The Kier molecular flexibility index (Phi) is 3.19. The van der Waals surface area contributed by atoms with Crippen molar-refractivity contribution in [1.29, 1.82) is 0 Å². The molecule has 1 aliphatic rings. The van der Waals surface area contributed by atoms with Crippen LogP contribution in [0.25, 0.3) is 0 Å². The van der Waals surface area contributed by atoms with E-state index in [1.165, 1.54) is 0 Å². The van der Waals surface area contributed by atoms with E-state index in [-0.39, 0.29) is 11.9 Å². The molecule has 86 valence electrons. The van der Waals surface area contributed by atoms with Gasteiger partial charge in [-0.1, -0.05) is 29.8 Å². The van der Waals surface area contributed by atoms with Crippen LogP contribution in [-0.2, 0) is 4.79 Å². The number of anilines is 2. The van der Waals surface area contributed by atoms with E-state index in [0.717, 1.165) is 15.8 Å². The molecule has 1 heterocycles. The first kappa shape index (κ1) is 11.5. The number of nitrogens with one attached hydrogen (secondary N) is 2. The van der Waals surface area contributed by atoms with Gasteiger partial charge in [0.2, 0.25) is 5.91 Å². The van der Waals surface area contributed by atoms with Crippen LogP contribution in [0.4, 0.5) is 11.4 Å². The van der Waals surface area contributed by atoms with E-state index in [1.54, 1.807) is 0 Å². The highest BCUT2D eigenvalue weighted by Crippen LogP contribution is 2.30. The molecular formula is C12H15BrN2O. The quantitative estimate of drug-likeness (QED) is 0.830. The molecule has 2 rings (SSSR count). The number of amides is 1. The maximum absolute atomic E-state index is 11.7. The fraction of sp³-hybridized carbons (Fsp3) is 0.417. The summed E-state index contributed by atoms with van der Waals surface area (Å²) in [4.78, 5) is 11.7. The molecule has 0 bridgehead atoms. The predicted molar refractivity (Wildman–Crippen MR) is 69.6 cm³/mol. The summed E-state index contributed by atoms with van der Waals surface area (Å²) in [7, 11) is 0. The zero-order valence-corrected chi connectivity index (χ0v) is 11.0. The van der Waals surface area contributed by atoms with Crippen LogP contribution in [0.3, 0.4) is 0 Å². The third-order valence-electron chi connectivity index (χ3n) is 2.81. The third-order valence-corrected chi connectivity index (χ3v) is 3.30. The number of fused-ring (bicyclic) bond motifs is 1. The number of hydrogen-bond acceptors (Lipinski definition) is 2. The van der Waals surface area contributed by atoms with E-state index >= 15 is 0 Å². The summed E-state index contributed by atoms with van der Waals surface area (Å²) in [5.74, 6) is 0.503. The van der Waals surface area contributed by atoms with E-state index < -0.39 is 0 Å². The Bertz CT molecular complexity index is 417. The first-order chi connectivity index (χ1) is 7.56. The second kappa shape index (κ2) is 4.45. The number of carbonyl (C=O) groups is 1. The molecule has 4 heteroatoms. The van der Waals surface area contributed by atoms with Crippen LogP contribution >= 0.6 is 15.9 Å². The van der Waals surface area contributed by atoms with Crippen molar-refractivity contribution in [3.05, 3.63) is 22.7 Å². The summed E-state index contributed by atoms with van der Waals surface area (Å²) in [5.41, 5.74) is 1.84. The Morgan fingerprint density at radius 2 is 2.12 bits per heavy atom. The minimum Gasteiger partial charge on any atom is -0.380 e. The summed E-state index contributed by atoms with van der Waals surface area (Å²) in [6, 6.07) is 6.02. The van der Waals surface area contributed by atoms with Crippen LogP contribution in [0.5, 0.6) is 0 Å². The Morgan fingerprint density at radius 3 is 2.81 bits per heavy atom. The Hall–Kier alpha value is -1.03. The molecule has 3 nitrogen and oxygen atoms in total. The summed E-state index contributed by atoms with van der Waals surface area (Å²) < 4.78 is 1.01. The number of halogens is 1. The summed E-state index contributed by atoms with van der Waals surface area (Å²) in [5, 5.41) is 6.33. The molecule has 0 spiro atoms.